The second kappa shape index (κ2) is 8.14. The Hall–Kier alpha value is -3.42. The van der Waals surface area contributed by atoms with Gasteiger partial charge in [-0.3, -0.25) is 14.5 Å². The van der Waals surface area contributed by atoms with Crippen molar-refractivity contribution in [3.05, 3.63) is 66.0 Å². The Labute approximate surface area is 173 Å². The van der Waals surface area contributed by atoms with Crippen LogP contribution in [0, 0.1) is 5.82 Å². The molecule has 0 bridgehead atoms. The largest absolute Gasteiger partial charge is 0.492 e. The van der Waals surface area contributed by atoms with Crippen LogP contribution >= 0.6 is 0 Å². The van der Waals surface area contributed by atoms with Crippen LogP contribution in [0.2, 0.25) is 0 Å². The van der Waals surface area contributed by atoms with Crippen LogP contribution in [0.1, 0.15) is 23.2 Å². The number of halogens is 1. The monoisotopic (exact) mass is 411 g/mol. The lowest BCUT2D eigenvalue weighted by atomic mass is 9.87. The minimum Gasteiger partial charge on any atom is -0.492 e. The summed E-state index contributed by atoms with van der Waals surface area (Å²) in [5.41, 5.74) is -1.01. The van der Waals surface area contributed by atoms with Crippen LogP contribution in [0.5, 0.6) is 5.75 Å². The van der Waals surface area contributed by atoms with Crippen molar-refractivity contribution in [2.45, 2.75) is 18.4 Å². The van der Waals surface area contributed by atoms with E-state index in [1.165, 1.54) is 23.1 Å². The summed E-state index contributed by atoms with van der Waals surface area (Å²) in [6.07, 6.45) is 0.571. The highest BCUT2D eigenvalue weighted by Crippen LogP contribution is 2.30. The third-order valence-corrected chi connectivity index (χ3v) is 5.58. The third kappa shape index (κ3) is 3.72. The fourth-order valence-electron chi connectivity index (χ4n) is 3.89. The van der Waals surface area contributed by atoms with Crippen molar-refractivity contribution in [3.8, 4) is 5.75 Å². The molecule has 8 heteroatoms. The van der Waals surface area contributed by atoms with Crippen molar-refractivity contribution in [2.75, 3.05) is 26.2 Å². The normalized spacial score (nSPS) is 17.9. The standard InChI is InChI=1S/C22H22FN3O4/c23-18-9-5-4-8-17(18)19(27)25-12-10-22(11-13-25)20(28)26(21(29)24-22)14-15-30-16-6-2-1-3-7-16/h1-9H,10-15H2,(H,24,29). The molecule has 1 N–H and O–H groups in total. The summed E-state index contributed by atoms with van der Waals surface area (Å²) in [7, 11) is 0. The van der Waals surface area contributed by atoms with Gasteiger partial charge in [-0.25, -0.2) is 9.18 Å². The van der Waals surface area contributed by atoms with Crippen molar-refractivity contribution in [3.63, 3.8) is 0 Å². The van der Waals surface area contributed by atoms with Crippen molar-refractivity contribution in [1.82, 2.24) is 15.1 Å². The zero-order chi connectivity index (χ0) is 21.1. The van der Waals surface area contributed by atoms with Crippen LogP contribution in [0.4, 0.5) is 9.18 Å². The van der Waals surface area contributed by atoms with Gasteiger partial charge in [0.2, 0.25) is 0 Å². The van der Waals surface area contributed by atoms with E-state index in [9.17, 15) is 18.8 Å². The minimum absolute atomic E-state index is 0.00919. The molecule has 2 saturated heterocycles. The lowest BCUT2D eigenvalue weighted by molar-refractivity contribution is -0.133. The molecule has 0 radical (unpaired) electrons. The first-order valence-electron chi connectivity index (χ1n) is 9.86. The van der Waals surface area contributed by atoms with E-state index in [-0.39, 0.29) is 50.6 Å². The van der Waals surface area contributed by atoms with Crippen LogP contribution in [0.15, 0.2) is 54.6 Å². The Kier molecular flexibility index (Phi) is 5.39. The number of piperidine rings is 1. The summed E-state index contributed by atoms with van der Waals surface area (Å²) < 4.78 is 19.5. The molecule has 2 aliphatic heterocycles. The molecule has 4 amide bonds. The van der Waals surface area contributed by atoms with E-state index in [2.05, 4.69) is 5.32 Å². The van der Waals surface area contributed by atoms with Crippen molar-refractivity contribution < 1.29 is 23.5 Å². The predicted molar refractivity (Wildman–Crippen MR) is 106 cm³/mol. The molecule has 0 aromatic heterocycles. The van der Waals surface area contributed by atoms with Gasteiger partial charge in [-0.05, 0) is 37.1 Å². The lowest BCUT2D eigenvalue weighted by Gasteiger charge is -2.37. The molecular weight excluding hydrogens is 389 g/mol. The van der Waals surface area contributed by atoms with Crippen LogP contribution in [0.25, 0.3) is 0 Å². The molecule has 4 rings (SSSR count). The molecule has 2 heterocycles. The predicted octanol–water partition coefficient (Wildman–Crippen LogP) is 2.43. The van der Waals surface area contributed by atoms with E-state index in [1.807, 2.05) is 18.2 Å². The number of nitrogens with one attached hydrogen (secondary N) is 1. The maximum atomic E-state index is 13.9. The summed E-state index contributed by atoms with van der Waals surface area (Å²) in [5, 5.41) is 2.80. The van der Waals surface area contributed by atoms with Gasteiger partial charge < -0.3 is 15.0 Å². The number of benzene rings is 2. The second-order valence-electron chi connectivity index (χ2n) is 7.40. The highest BCUT2D eigenvalue weighted by atomic mass is 19.1. The molecule has 2 aromatic carbocycles. The van der Waals surface area contributed by atoms with Crippen LogP contribution in [0.3, 0.4) is 0 Å². The van der Waals surface area contributed by atoms with Gasteiger partial charge in [0, 0.05) is 13.1 Å². The average Bonchev–Trinajstić information content (AvgIpc) is 2.99. The Morgan fingerprint density at radius 3 is 2.40 bits per heavy atom. The molecule has 2 fully saturated rings. The number of hydrogen-bond donors (Lipinski definition) is 1. The zero-order valence-electron chi connectivity index (χ0n) is 16.3. The molecule has 1 spiro atoms. The summed E-state index contributed by atoms with van der Waals surface area (Å²) in [4.78, 5) is 40.6. The molecule has 30 heavy (non-hydrogen) atoms. The van der Waals surface area contributed by atoms with E-state index in [0.717, 1.165) is 4.90 Å². The lowest BCUT2D eigenvalue weighted by Crippen LogP contribution is -2.56. The number of carbonyl (C=O) groups is 3. The van der Waals surface area contributed by atoms with Crippen molar-refractivity contribution in [1.29, 1.82) is 0 Å². The molecule has 0 saturated carbocycles. The highest BCUT2D eigenvalue weighted by Gasteiger charge is 2.52. The number of hydrogen-bond acceptors (Lipinski definition) is 4. The Morgan fingerprint density at radius 1 is 1.03 bits per heavy atom. The second-order valence-corrected chi connectivity index (χ2v) is 7.40. The number of nitrogens with zero attached hydrogens (tertiary/aromatic N) is 2. The quantitative estimate of drug-likeness (QED) is 0.767. The maximum absolute atomic E-state index is 13.9. The molecule has 0 atom stereocenters. The first-order valence-corrected chi connectivity index (χ1v) is 9.86. The molecule has 2 aliphatic rings. The van der Waals surface area contributed by atoms with E-state index in [1.54, 1.807) is 18.2 Å². The number of carbonyl (C=O) groups excluding carboxylic acids is 3. The molecule has 2 aromatic rings. The van der Waals surface area contributed by atoms with Crippen LogP contribution in [-0.2, 0) is 4.79 Å². The van der Waals surface area contributed by atoms with Gasteiger partial charge in [-0.2, -0.15) is 0 Å². The topological polar surface area (TPSA) is 79.0 Å². The first-order chi connectivity index (χ1) is 14.5. The number of imide groups is 1. The summed E-state index contributed by atoms with van der Waals surface area (Å²) in [6.45, 7) is 0.845. The average molecular weight is 411 g/mol. The van der Waals surface area contributed by atoms with Crippen molar-refractivity contribution in [2.24, 2.45) is 0 Å². The van der Waals surface area contributed by atoms with Crippen LogP contribution in [-0.4, -0.2) is 59.4 Å². The third-order valence-electron chi connectivity index (χ3n) is 5.58. The van der Waals surface area contributed by atoms with Gasteiger partial charge in [-0.1, -0.05) is 30.3 Å². The van der Waals surface area contributed by atoms with Gasteiger partial charge in [0.25, 0.3) is 11.8 Å². The number of likely N-dealkylation sites (tertiary alicyclic amines) is 1. The fourth-order valence-corrected chi connectivity index (χ4v) is 3.89. The number of amides is 4. The van der Waals surface area contributed by atoms with Gasteiger partial charge in [0.1, 0.15) is 23.7 Å². The molecule has 7 nitrogen and oxygen atoms in total. The number of para-hydroxylation sites is 1. The summed E-state index contributed by atoms with van der Waals surface area (Å²) in [5.74, 6) is -0.619. The molecule has 0 unspecified atom stereocenters. The molecule has 0 aliphatic carbocycles. The minimum atomic E-state index is -1.02. The molecule has 156 valence electrons. The smallest absolute Gasteiger partial charge is 0.325 e. The number of ether oxygens (including phenoxy) is 1. The molecular formula is C22H22FN3O4. The van der Waals surface area contributed by atoms with Gasteiger partial charge in [0.05, 0.1) is 12.1 Å². The van der Waals surface area contributed by atoms with Gasteiger partial charge in [0.15, 0.2) is 0 Å². The summed E-state index contributed by atoms with van der Waals surface area (Å²) in [6, 6.07) is 14.5. The van der Waals surface area contributed by atoms with E-state index in [4.69, 9.17) is 4.74 Å². The Bertz CT molecular complexity index is 958. The maximum Gasteiger partial charge on any atom is 0.325 e. The zero-order valence-corrected chi connectivity index (χ0v) is 16.3. The number of urea groups is 1. The van der Waals surface area contributed by atoms with E-state index < -0.39 is 23.3 Å². The van der Waals surface area contributed by atoms with Gasteiger partial charge >= 0.3 is 6.03 Å². The van der Waals surface area contributed by atoms with Crippen molar-refractivity contribution >= 4 is 17.8 Å². The summed E-state index contributed by atoms with van der Waals surface area (Å²) >= 11 is 0. The van der Waals surface area contributed by atoms with Gasteiger partial charge in [-0.15, -0.1) is 0 Å². The SMILES string of the molecule is O=C(c1ccccc1F)N1CCC2(CC1)NC(=O)N(CCOc1ccccc1)C2=O. The van der Waals surface area contributed by atoms with E-state index in [0.29, 0.717) is 5.75 Å². The first kappa shape index (κ1) is 19.9. The number of rotatable bonds is 5. The Morgan fingerprint density at radius 2 is 1.70 bits per heavy atom. The highest BCUT2D eigenvalue weighted by molar-refractivity contribution is 6.07. The Balaban J connectivity index is 1.35. The fraction of sp³-hybridized carbons (Fsp3) is 0.318. The van der Waals surface area contributed by atoms with E-state index >= 15 is 0 Å². The van der Waals surface area contributed by atoms with Crippen LogP contribution < -0.4 is 10.1 Å².